The Labute approximate surface area is 195 Å². The molecule has 2 aromatic carbocycles. The second-order valence-corrected chi connectivity index (χ2v) is 9.61. The van der Waals surface area contributed by atoms with Gasteiger partial charge in [0.15, 0.2) is 0 Å². The third-order valence-electron chi connectivity index (χ3n) is 7.53. The average molecular weight is 449 g/mol. The summed E-state index contributed by atoms with van der Waals surface area (Å²) in [5.74, 6) is 2.86. The molecule has 33 heavy (non-hydrogen) atoms. The first-order chi connectivity index (χ1) is 16.0. The third kappa shape index (κ3) is 4.31. The molecule has 1 aliphatic heterocycles. The van der Waals surface area contributed by atoms with Gasteiger partial charge in [0.05, 0.1) is 14.2 Å². The van der Waals surface area contributed by atoms with Crippen molar-refractivity contribution in [2.45, 2.75) is 37.6 Å². The number of benzene rings is 2. The Morgan fingerprint density at radius 3 is 1.70 bits per heavy atom. The first-order valence-corrected chi connectivity index (χ1v) is 11.9. The molecule has 4 unspecified atom stereocenters. The predicted molar refractivity (Wildman–Crippen MR) is 125 cm³/mol. The number of hydrogen-bond acceptors (Lipinski definition) is 4. The summed E-state index contributed by atoms with van der Waals surface area (Å²) in [4.78, 5) is 30.3. The highest BCUT2D eigenvalue weighted by atomic mass is 16.5. The van der Waals surface area contributed by atoms with Crippen LogP contribution in [0.3, 0.4) is 0 Å². The molecule has 0 spiro atoms. The van der Waals surface area contributed by atoms with Crippen LogP contribution in [-0.4, -0.2) is 61.5 Å². The number of amides is 2. The van der Waals surface area contributed by atoms with Crippen LogP contribution in [-0.2, 0) is 9.59 Å². The van der Waals surface area contributed by atoms with Crippen LogP contribution in [0.1, 0.15) is 42.7 Å². The van der Waals surface area contributed by atoms with Crippen molar-refractivity contribution < 1.29 is 19.1 Å². The Hall–Kier alpha value is -3.02. The van der Waals surface area contributed by atoms with Gasteiger partial charge in [0.25, 0.3) is 0 Å². The summed E-state index contributed by atoms with van der Waals surface area (Å²) in [6, 6.07) is 16.1. The zero-order valence-corrected chi connectivity index (χ0v) is 19.6. The molecule has 3 fully saturated rings. The largest absolute Gasteiger partial charge is 0.497 e. The number of ether oxygens (including phenoxy) is 2. The van der Waals surface area contributed by atoms with Crippen LogP contribution < -0.4 is 9.47 Å². The maximum atomic E-state index is 13.2. The summed E-state index contributed by atoms with van der Waals surface area (Å²) in [6.45, 7) is 3.93. The van der Waals surface area contributed by atoms with E-state index >= 15 is 0 Å². The maximum absolute atomic E-state index is 13.2. The predicted octanol–water partition coefficient (Wildman–Crippen LogP) is 3.67. The Bertz CT molecular complexity index is 1020. The molecule has 2 amide bonds. The van der Waals surface area contributed by atoms with Gasteiger partial charge in [-0.3, -0.25) is 9.59 Å². The fourth-order valence-electron chi connectivity index (χ4n) is 5.31. The quantitative estimate of drug-likeness (QED) is 0.677. The van der Waals surface area contributed by atoms with E-state index in [1.54, 1.807) is 14.2 Å². The van der Waals surface area contributed by atoms with E-state index in [0.717, 1.165) is 24.3 Å². The number of methoxy groups -OCH3 is 2. The molecule has 2 saturated carbocycles. The molecule has 0 bridgehead atoms. The number of hydrogen-bond donors (Lipinski definition) is 0. The van der Waals surface area contributed by atoms with E-state index in [-0.39, 0.29) is 29.7 Å². The minimum atomic E-state index is 0.0468. The van der Waals surface area contributed by atoms with E-state index in [9.17, 15) is 9.59 Å². The lowest BCUT2D eigenvalue weighted by atomic mass is 10.1. The van der Waals surface area contributed by atoms with Crippen LogP contribution in [0.5, 0.6) is 11.5 Å². The van der Waals surface area contributed by atoms with Gasteiger partial charge in [0.2, 0.25) is 11.8 Å². The summed E-state index contributed by atoms with van der Waals surface area (Å²) in [6.07, 6.45) is 1.81. The summed E-state index contributed by atoms with van der Waals surface area (Å²) in [5.41, 5.74) is 2.41. The highest BCUT2D eigenvalue weighted by molar-refractivity contribution is 5.85. The van der Waals surface area contributed by atoms with Gasteiger partial charge >= 0.3 is 0 Å². The Morgan fingerprint density at radius 1 is 0.758 bits per heavy atom. The molecule has 174 valence electrons. The Morgan fingerprint density at radius 2 is 1.24 bits per heavy atom. The molecule has 1 saturated heterocycles. The van der Waals surface area contributed by atoms with Gasteiger partial charge in [-0.05, 0) is 67.0 Å². The van der Waals surface area contributed by atoms with E-state index in [1.165, 1.54) is 11.1 Å². The smallest absolute Gasteiger partial charge is 0.226 e. The number of rotatable bonds is 6. The lowest BCUT2D eigenvalue weighted by molar-refractivity contribution is -0.144. The Balaban J connectivity index is 1.14. The highest BCUT2D eigenvalue weighted by Gasteiger charge is 2.49. The van der Waals surface area contributed by atoms with Crippen LogP contribution in [0.2, 0.25) is 0 Å². The standard InChI is InChI=1S/C27H32N2O4/c1-17-16-28(26(30)24-14-22(24)18-4-8-20(32-2)9-5-18)12-13-29(17)27(31)25-15-23(25)19-6-10-21(33-3)11-7-19/h4-11,17,22-25H,12-16H2,1-3H3/t17-,22?,23?,24?,25?/m0/s1. The van der Waals surface area contributed by atoms with Crippen molar-refractivity contribution in [3.8, 4) is 11.5 Å². The van der Waals surface area contributed by atoms with Crippen molar-refractivity contribution in [1.29, 1.82) is 0 Å². The molecular weight excluding hydrogens is 416 g/mol. The van der Waals surface area contributed by atoms with Crippen molar-refractivity contribution in [2.75, 3.05) is 33.9 Å². The third-order valence-corrected chi connectivity index (χ3v) is 7.53. The monoisotopic (exact) mass is 448 g/mol. The van der Waals surface area contributed by atoms with Crippen molar-refractivity contribution in [3.05, 3.63) is 59.7 Å². The normalized spacial score (nSPS) is 28.3. The molecule has 3 aliphatic rings. The van der Waals surface area contributed by atoms with E-state index in [0.29, 0.717) is 31.5 Å². The van der Waals surface area contributed by atoms with Gasteiger partial charge in [0, 0.05) is 37.5 Å². The van der Waals surface area contributed by atoms with Gasteiger partial charge in [0.1, 0.15) is 11.5 Å². The molecule has 2 aromatic rings. The van der Waals surface area contributed by atoms with Crippen LogP contribution in [0.4, 0.5) is 0 Å². The number of nitrogens with zero attached hydrogens (tertiary/aromatic N) is 2. The second-order valence-electron chi connectivity index (χ2n) is 9.61. The average Bonchev–Trinajstić information content (AvgIpc) is 3.77. The summed E-state index contributed by atoms with van der Waals surface area (Å²) >= 11 is 0. The van der Waals surface area contributed by atoms with Crippen molar-refractivity contribution in [2.24, 2.45) is 11.8 Å². The molecule has 0 aromatic heterocycles. The van der Waals surface area contributed by atoms with E-state index in [2.05, 4.69) is 31.2 Å². The fourth-order valence-corrected chi connectivity index (χ4v) is 5.31. The van der Waals surface area contributed by atoms with Crippen molar-refractivity contribution in [3.63, 3.8) is 0 Å². The van der Waals surface area contributed by atoms with E-state index in [4.69, 9.17) is 9.47 Å². The molecule has 6 nitrogen and oxygen atoms in total. The first-order valence-electron chi connectivity index (χ1n) is 11.9. The molecule has 0 N–H and O–H groups in total. The van der Waals surface area contributed by atoms with E-state index in [1.807, 2.05) is 34.1 Å². The molecule has 0 radical (unpaired) electrons. The van der Waals surface area contributed by atoms with Gasteiger partial charge in [-0.1, -0.05) is 24.3 Å². The van der Waals surface area contributed by atoms with Crippen LogP contribution in [0.25, 0.3) is 0 Å². The van der Waals surface area contributed by atoms with Gasteiger partial charge in [-0.15, -0.1) is 0 Å². The van der Waals surface area contributed by atoms with Crippen LogP contribution in [0.15, 0.2) is 48.5 Å². The minimum Gasteiger partial charge on any atom is -0.497 e. The fraction of sp³-hybridized carbons (Fsp3) is 0.481. The second kappa shape index (κ2) is 8.73. The molecular formula is C27H32N2O4. The topological polar surface area (TPSA) is 59.1 Å². The highest BCUT2D eigenvalue weighted by Crippen LogP contribution is 2.50. The Kier molecular flexibility index (Phi) is 5.77. The minimum absolute atomic E-state index is 0.0468. The van der Waals surface area contributed by atoms with Gasteiger partial charge < -0.3 is 19.3 Å². The van der Waals surface area contributed by atoms with Crippen molar-refractivity contribution in [1.82, 2.24) is 9.80 Å². The van der Waals surface area contributed by atoms with Gasteiger partial charge in [-0.2, -0.15) is 0 Å². The molecule has 6 heteroatoms. The lowest BCUT2D eigenvalue weighted by Crippen LogP contribution is -2.56. The van der Waals surface area contributed by atoms with Crippen molar-refractivity contribution >= 4 is 11.8 Å². The zero-order chi connectivity index (χ0) is 23.1. The summed E-state index contributed by atoms with van der Waals surface area (Å²) < 4.78 is 10.5. The molecule has 1 heterocycles. The SMILES string of the molecule is COc1ccc(C2CC2C(=O)N2CCN(C(=O)C3CC3c3ccc(OC)cc3)[C@@H](C)C2)cc1. The number of piperazine rings is 1. The summed E-state index contributed by atoms with van der Waals surface area (Å²) in [7, 11) is 3.32. The lowest BCUT2D eigenvalue weighted by Gasteiger charge is -2.40. The van der Waals surface area contributed by atoms with Gasteiger partial charge in [-0.25, -0.2) is 0 Å². The number of carbonyl (C=O) groups is 2. The zero-order valence-electron chi connectivity index (χ0n) is 19.6. The molecule has 2 aliphatic carbocycles. The summed E-state index contributed by atoms with van der Waals surface area (Å²) in [5, 5.41) is 0. The first kappa shape index (κ1) is 21.8. The van der Waals surface area contributed by atoms with Crippen LogP contribution >= 0.6 is 0 Å². The van der Waals surface area contributed by atoms with Crippen LogP contribution in [0, 0.1) is 11.8 Å². The maximum Gasteiger partial charge on any atom is 0.226 e. The van der Waals surface area contributed by atoms with E-state index < -0.39 is 0 Å². The molecule has 5 atom stereocenters. The molecule has 5 rings (SSSR count). The number of carbonyl (C=O) groups excluding carboxylic acids is 2.